The number of hydrogen-bond donors (Lipinski definition) is 1. The van der Waals surface area contributed by atoms with Crippen LogP contribution in [-0.4, -0.2) is 39.4 Å². The molecule has 1 spiro atoms. The minimum absolute atomic E-state index is 0.119. The lowest BCUT2D eigenvalue weighted by Crippen LogP contribution is -2.49. The van der Waals surface area contributed by atoms with Gasteiger partial charge in [-0.2, -0.15) is 0 Å². The summed E-state index contributed by atoms with van der Waals surface area (Å²) in [5.41, 5.74) is 9.00. The number of nitrogens with zero attached hydrogens (tertiary/aromatic N) is 5. The van der Waals surface area contributed by atoms with Gasteiger partial charge in [-0.1, -0.05) is 30.1 Å². The number of aliphatic imine (C=N–C) groups is 1. The van der Waals surface area contributed by atoms with Gasteiger partial charge in [-0.3, -0.25) is 14.4 Å². The number of hydrogen-bond acceptors (Lipinski definition) is 6. The van der Waals surface area contributed by atoms with Crippen LogP contribution in [0.2, 0.25) is 10.2 Å². The first-order valence-electron chi connectivity index (χ1n) is 10.8. The van der Waals surface area contributed by atoms with E-state index in [0.29, 0.717) is 51.1 Å². The Labute approximate surface area is 191 Å². The van der Waals surface area contributed by atoms with Crippen LogP contribution < -0.4 is 16.2 Å². The number of rotatable bonds is 2. The molecule has 0 radical (unpaired) electrons. The van der Waals surface area contributed by atoms with Crippen LogP contribution in [0.5, 0.6) is 0 Å². The first kappa shape index (κ1) is 20.9. The van der Waals surface area contributed by atoms with Crippen LogP contribution in [0.15, 0.2) is 22.1 Å². The van der Waals surface area contributed by atoms with E-state index in [2.05, 4.69) is 21.8 Å². The van der Waals surface area contributed by atoms with Crippen molar-refractivity contribution in [2.75, 3.05) is 18.0 Å². The summed E-state index contributed by atoms with van der Waals surface area (Å²) in [4.78, 5) is 29.0. The van der Waals surface area contributed by atoms with Gasteiger partial charge in [0, 0.05) is 37.9 Å². The Morgan fingerprint density at radius 1 is 1.23 bits per heavy atom. The highest BCUT2D eigenvalue weighted by Crippen LogP contribution is 2.48. The Morgan fingerprint density at radius 2 is 1.97 bits per heavy atom. The van der Waals surface area contributed by atoms with Crippen LogP contribution >= 0.6 is 23.2 Å². The fourth-order valence-corrected chi connectivity index (χ4v) is 5.87. The van der Waals surface area contributed by atoms with Crippen LogP contribution in [0.4, 0.5) is 5.95 Å². The summed E-state index contributed by atoms with van der Waals surface area (Å²) in [6.45, 7) is 4.33. The predicted octanol–water partition coefficient (Wildman–Crippen LogP) is 3.18. The second-order valence-corrected chi connectivity index (χ2v) is 9.93. The van der Waals surface area contributed by atoms with Crippen molar-refractivity contribution >= 4 is 34.9 Å². The van der Waals surface area contributed by atoms with Crippen molar-refractivity contribution in [2.45, 2.75) is 45.2 Å². The van der Waals surface area contributed by atoms with Crippen LogP contribution in [-0.2, 0) is 13.6 Å². The Kier molecular flexibility index (Phi) is 5.11. The van der Waals surface area contributed by atoms with Crippen LogP contribution in [0.25, 0.3) is 0 Å². The lowest BCUT2D eigenvalue weighted by molar-refractivity contribution is 0.185. The molecule has 2 aromatic rings. The third-order valence-electron chi connectivity index (χ3n) is 7.50. The van der Waals surface area contributed by atoms with E-state index in [4.69, 9.17) is 33.9 Å². The van der Waals surface area contributed by atoms with Crippen molar-refractivity contribution in [3.8, 4) is 0 Å². The fourth-order valence-electron chi connectivity index (χ4n) is 5.52. The highest BCUT2D eigenvalue weighted by molar-refractivity contribution is 6.36. The molecule has 0 aromatic carbocycles. The second-order valence-electron chi connectivity index (χ2n) is 9.14. The molecule has 0 bridgehead atoms. The molecule has 1 aliphatic carbocycles. The summed E-state index contributed by atoms with van der Waals surface area (Å²) < 4.78 is 1.63. The highest BCUT2D eigenvalue weighted by atomic mass is 35.5. The SMILES string of the molecule is C[C@@H]1CCC2(CCN(c3nc4c(c(=O)n3C)C(c3cc(Cl)ncc3Cl)=NC4)CC2)[C@@H]1N. The Morgan fingerprint density at radius 3 is 2.65 bits per heavy atom. The lowest BCUT2D eigenvalue weighted by Gasteiger charge is -2.43. The smallest absolute Gasteiger partial charge is 0.264 e. The van der Waals surface area contributed by atoms with Gasteiger partial charge >= 0.3 is 0 Å². The number of nitrogens with two attached hydrogens (primary N) is 1. The van der Waals surface area contributed by atoms with Gasteiger partial charge in [-0.15, -0.1) is 0 Å². The largest absolute Gasteiger partial charge is 0.342 e. The molecule has 164 valence electrons. The minimum Gasteiger partial charge on any atom is -0.342 e. The topological polar surface area (TPSA) is 89.4 Å². The van der Waals surface area contributed by atoms with E-state index in [9.17, 15) is 4.79 Å². The van der Waals surface area contributed by atoms with E-state index in [1.807, 2.05) is 0 Å². The van der Waals surface area contributed by atoms with Crippen LogP contribution in [0, 0.1) is 11.3 Å². The van der Waals surface area contributed by atoms with Crippen molar-refractivity contribution in [2.24, 2.45) is 29.1 Å². The zero-order valence-corrected chi connectivity index (χ0v) is 19.2. The van der Waals surface area contributed by atoms with E-state index in [1.165, 1.54) is 19.0 Å². The van der Waals surface area contributed by atoms with Crippen LogP contribution in [0.3, 0.4) is 0 Å². The average Bonchev–Trinajstić information content (AvgIpc) is 3.30. The van der Waals surface area contributed by atoms with Crippen molar-refractivity contribution in [3.05, 3.63) is 49.6 Å². The molecule has 4 heterocycles. The molecule has 3 aliphatic rings. The van der Waals surface area contributed by atoms with Crippen molar-refractivity contribution in [3.63, 3.8) is 0 Å². The summed E-state index contributed by atoms with van der Waals surface area (Å²) in [7, 11) is 1.77. The molecular formula is C22H26Cl2N6O. The van der Waals surface area contributed by atoms with Crippen molar-refractivity contribution in [1.82, 2.24) is 14.5 Å². The molecule has 0 unspecified atom stereocenters. The molecule has 2 fully saturated rings. The Hall–Kier alpha value is -1.96. The van der Waals surface area contributed by atoms with Gasteiger partial charge in [0.25, 0.3) is 5.56 Å². The summed E-state index contributed by atoms with van der Waals surface area (Å²) >= 11 is 12.4. The van der Waals surface area contributed by atoms with E-state index in [1.54, 1.807) is 17.7 Å². The predicted molar refractivity (Wildman–Crippen MR) is 123 cm³/mol. The van der Waals surface area contributed by atoms with E-state index in [-0.39, 0.29) is 17.0 Å². The van der Waals surface area contributed by atoms with Gasteiger partial charge in [-0.05, 0) is 43.1 Å². The molecule has 9 heteroatoms. The Balaban J connectivity index is 1.45. The summed E-state index contributed by atoms with van der Waals surface area (Å²) in [6.07, 6.45) is 5.96. The monoisotopic (exact) mass is 460 g/mol. The van der Waals surface area contributed by atoms with Gasteiger partial charge in [-0.25, -0.2) is 9.97 Å². The number of piperidine rings is 1. The quantitative estimate of drug-likeness (QED) is 0.694. The third-order valence-corrected chi connectivity index (χ3v) is 8.01. The molecule has 1 saturated heterocycles. The van der Waals surface area contributed by atoms with Crippen molar-refractivity contribution < 1.29 is 0 Å². The number of anilines is 1. The van der Waals surface area contributed by atoms with Gasteiger partial charge < -0.3 is 10.6 Å². The molecule has 0 amide bonds. The van der Waals surface area contributed by atoms with Gasteiger partial charge in [0.1, 0.15) is 5.15 Å². The molecule has 1 saturated carbocycles. The summed E-state index contributed by atoms with van der Waals surface area (Å²) in [5, 5.41) is 0.712. The first-order valence-corrected chi connectivity index (χ1v) is 11.5. The van der Waals surface area contributed by atoms with Crippen molar-refractivity contribution in [1.29, 1.82) is 0 Å². The molecule has 2 atom stereocenters. The molecule has 2 aliphatic heterocycles. The van der Waals surface area contributed by atoms with Gasteiger partial charge in [0.15, 0.2) is 0 Å². The lowest BCUT2D eigenvalue weighted by atomic mass is 9.73. The standard InChI is InChI=1S/C22H26Cl2N6O/c1-12-3-4-22(19(12)25)5-7-30(8-6-22)21-28-15-11-27-18(17(15)20(31)29(21)2)13-9-16(24)26-10-14(13)23/h9-10,12,19H,3-8,11,25H2,1-2H3/t12-,19-/m1/s1. The highest BCUT2D eigenvalue weighted by Gasteiger charge is 2.46. The number of halogens is 2. The summed E-state index contributed by atoms with van der Waals surface area (Å²) in [6, 6.07) is 1.90. The Bertz CT molecular complexity index is 1140. The molecule has 2 N–H and O–H groups in total. The maximum atomic E-state index is 13.4. The maximum absolute atomic E-state index is 13.4. The van der Waals surface area contributed by atoms with E-state index < -0.39 is 0 Å². The zero-order chi connectivity index (χ0) is 21.9. The average molecular weight is 461 g/mol. The van der Waals surface area contributed by atoms with E-state index >= 15 is 0 Å². The van der Waals surface area contributed by atoms with Gasteiger partial charge in [0.05, 0.1) is 28.5 Å². The number of aromatic nitrogens is 3. The molecular weight excluding hydrogens is 435 g/mol. The van der Waals surface area contributed by atoms with E-state index in [0.717, 1.165) is 25.9 Å². The van der Waals surface area contributed by atoms with Crippen LogP contribution in [0.1, 0.15) is 49.4 Å². The fraction of sp³-hybridized carbons (Fsp3) is 0.545. The molecule has 31 heavy (non-hydrogen) atoms. The number of fused-ring (bicyclic) bond motifs is 1. The van der Waals surface area contributed by atoms with Gasteiger partial charge in [0.2, 0.25) is 5.95 Å². The molecule has 5 rings (SSSR count). The second kappa shape index (κ2) is 7.57. The number of pyridine rings is 1. The first-order chi connectivity index (χ1) is 14.8. The maximum Gasteiger partial charge on any atom is 0.264 e. The zero-order valence-electron chi connectivity index (χ0n) is 17.7. The summed E-state index contributed by atoms with van der Waals surface area (Å²) in [5.74, 6) is 1.28. The molecule has 7 nitrogen and oxygen atoms in total. The molecule has 2 aromatic heterocycles. The normalized spacial score (nSPS) is 24.5. The third kappa shape index (κ3) is 3.29. The minimum atomic E-state index is -0.119.